The number of carbonyl (C=O) groups excluding carboxylic acids is 2. The molecule has 2 N–H and O–H groups in total. The van der Waals surface area contributed by atoms with Gasteiger partial charge in [-0.2, -0.15) is 0 Å². The zero-order valence-corrected chi connectivity index (χ0v) is 17.8. The maximum absolute atomic E-state index is 14.0. The van der Waals surface area contributed by atoms with E-state index in [2.05, 4.69) is 5.32 Å². The van der Waals surface area contributed by atoms with E-state index in [0.29, 0.717) is 0 Å². The number of nitrogens with one attached hydrogen (secondary N) is 1. The molecule has 0 radical (unpaired) electrons. The van der Waals surface area contributed by atoms with Crippen molar-refractivity contribution in [2.75, 3.05) is 5.32 Å². The van der Waals surface area contributed by atoms with Crippen LogP contribution in [0.5, 0.6) is 0 Å². The minimum absolute atomic E-state index is 0.0594. The van der Waals surface area contributed by atoms with Crippen molar-refractivity contribution >= 4 is 34.9 Å². The van der Waals surface area contributed by atoms with E-state index in [9.17, 15) is 27.9 Å². The summed E-state index contributed by atoms with van der Waals surface area (Å²) in [5.41, 5.74) is -1.60. The molecule has 1 atom stereocenters. The number of benzene rings is 1. The number of hydrogen-bond donors (Lipinski definition) is 2. The Morgan fingerprint density at radius 1 is 1.40 bits per heavy atom. The molecule has 0 saturated heterocycles. The van der Waals surface area contributed by atoms with Gasteiger partial charge in [0, 0.05) is 30.1 Å². The number of aliphatic hydroxyl groups is 1. The molecular weight excluding hydrogens is 421 g/mol. The Balaban J connectivity index is 2.33. The van der Waals surface area contributed by atoms with E-state index in [4.69, 9.17) is 17.0 Å². The van der Waals surface area contributed by atoms with Gasteiger partial charge in [0.2, 0.25) is 6.43 Å². The number of aliphatic hydroxyl groups excluding tert-OH is 1. The third-order valence-corrected chi connectivity index (χ3v) is 4.50. The summed E-state index contributed by atoms with van der Waals surface area (Å²) < 4.78 is 44.9. The number of imide groups is 1. The average Bonchev–Trinajstić information content (AvgIpc) is 2.55. The van der Waals surface area contributed by atoms with Crippen LogP contribution in [0.4, 0.5) is 23.7 Å². The number of hydrogen-bond acceptors (Lipinski definition) is 5. The van der Waals surface area contributed by atoms with Gasteiger partial charge in [0.25, 0.3) is 5.91 Å². The Hall–Kier alpha value is -2.62. The molecule has 1 aromatic rings. The summed E-state index contributed by atoms with van der Waals surface area (Å²) in [6, 6.07) is 2.95. The summed E-state index contributed by atoms with van der Waals surface area (Å²) in [6.45, 7) is 6.47. The first-order chi connectivity index (χ1) is 13.8. The molecule has 0 fully saturated rings. The van der Waals surface area contributed by atoms with Gasteiger partial charge in [0.05, 0.1) is 0 Å². The average molecular weight is 444 g/mol. The molecule has 2 rings (SSSR count). The maximum atomic E-state index is 14.0. The number of nitrogens with zero attached hydrogens (tertiary/aromatic N) is 1. The highest BCUT2D eigenvalue weighted by atomic mass is 32.1. The number of rotatable bonds is 4. The minimum atomic E-state index is -2.80. The lowest BCUT2D eigenvalue weighted by molar-refractivity contribution is -0.128. The highest BCUT2D eigenvalue weighted by Crippen LogP contribution is 2.28. The molecule has 2 amide bonds. The molecule has 1 aromatic carbocycles. The third kappa shape index (κ3) is 5.50. The summed E-state index contributed by atoms with van der Waals surface area (Å²) in [4.78, 5) is 25.9. The maximum Gasteiger partial charge on any atom is 0.417 e. The number of halogens is 3. The van der Waals surface area contributed by atoms with Gasteiger partial charge < -0.3 is 15.2 Å². The second kappa shape index (κ2) is 9.03. The monoisotopic (exact) mass is 444 g/mol. The predicted octanol–water partition coefficient (Wildman–Crippen LogP) is 4.74. The van der Waals surface area contributed by atoms with Gasteiger partial charge in [-0.3, -0.25) is 4.79 Å². The topological polar surface area (TPSA) is 78.9 Å². The lowest BCUT2D eigenvalue weighted by Gasteiger charge is -2.34. The van der Waals surface area contributed by atoms with Crippen molar-refractivity contribution in [2.45, 2.75) is 58.6 Å². The first-order valence-corrected chi connectivity index (χ1v) is 9.58. The standard InChI is InChI=1S/C20H23F3N2O4S/c1-10-8-14(26)16(18(27)25(10)19(28)29-20(2,3)4)17(30)24-13-7-5-6-12(21)11(13)9-15(22)23/h5-7,10,15,26H,8-9H2,1-4H3,(H,24,30). The molecule has 0 saturated carbocycles. The molecule has 1 heterocycles. The van der Waals surface area contributed by atoms with Gasteiger partial charge in [-0.15, -0.1) is 0 Å². The minimum Gasteiger partial charge on any atom is -0.511 e. The number of alkyl halides is 2. The zero-order valence-electron chi connectivity index (χ0n) is 17.0. The van der Waals surface area contributed by atoms with Crippen LogP contribution in [0, 0.1) is 5.82 Å². The molecule has 0 bridgehead atoms. The highest BCUT2D eigenvalue weighted by Gasteiger charge is 2.40. The second-order valence-electron chi connectivity index (χ2n) is 7.85. The number of ether oxygens (including phenoxy) is 1. The Bertz CT molecular complexity index is 897. The third-order valence-electron chi connectivity index (χ3n) is 4.19. The van der Waals surface area contributed by atoms with Crippen LogP contribution < -0.4 is 5.32 Å². The highest BCUT2D eigenvalue weighted by molar-refractivity contribution is 7.81. The molecule has 0 spiro atoms. The lowest BCUT2D eigenvalue weighted by Crippen LogP contribution is -2.50. The molecule has 1 unspecified atom stereocenters. The number of carbonyl (C=O) groups is 2. The van der Waals surface area contributed by atoms with E-state index in [-0.39, 0.29) is 34.0 Å². The summed E-state index contributed by atoms with van der Waals surface area (Å²) in [5, 5.41) is 12.9. The Kier molecular flexibility index (Phi) is 7.12. The zero-order chi connectivity index (χ0) is 22.8. The van der Waals surface area contributed by atoms with Crippen LogP contribution in [0.15, 0.2) is 29.5 Å². The largest absolute Gasteiger partial charge is 0.511 e. The van der Waals surface area contributed by atoms with Gasteiger partial charge in [0.1, 0.15) is 27.7 Å². The summed E-state index contributed by atoms with van der Waals surface area (Å²) in [7, 11) is 0. The molecule has 30 heavy (non-hydrogen) atoms. The van der Waals surface area contributed by atoms with Gasteiger partial charge in [-0.05, 0) is 39.8 Å². The number of anilines is 1. The molecule has 10 heteroatoms. The van der Waals surface area contributed by atoms with Gasteiger partial charge in [0.15, 0.2) is 0 Å². The number of thiocarbonyl (C=S) groups is 1. The van der Waals surface area contributed by atoms with Crippen LogP contribution >= 0.6 is 12.2 Å². The Labute approximate surface area is 177 Å². The quantitative estimate of drug-likeness (QED) is 0.653. The fourth-order valence-corrected chi connectivity index (χ4v) is 3.26. The van der Waals surface area contributed by atoms with Crippen LogP contribution in [0.3, 0.4) is 0 Å². The normalized spacial score (nSPS) is 17.4. The summed E-state index contributed by atoms with van der Waals surface area (Å²) in [5.74, 6) is -2.12. The molecule has 0 aromatic heterocycles. The van der Waals surface area contributed by atoms with Crippen LogP contribution in [0.1, 0.15) is 39.7 Å². The van der Waals surface area contributed by atoms with E-state index in [1.54, 1.807) is 27.7 Å². The van der Waals surface area contributed by atoms with E-state index >= 15 is 0 Å². The molecule has 6 nitrogen and oxygen atoms in total. The van der Waals surface area contributed by atoms with Crippen molar-refractivity contribution in [1.29, 1.82) is 0 Å². The predicted molar refractivity (Wildman–Crippen MR) is 109 cm³/mol. The molecule has 1 aliphatic heterocycles. The summed E-state index contributed by atoms with van der Waals surface area (Å²) >= 11 is 5.18. The van der Waals surface area contributed by atoms with Crippen LogP contribution in [0.25, 0.3) is 0 Å². The Morgan fingerprint density at radius 3 is 2.60 bits per heavy atom. The van der Waals surface area contributed by atoms with Gasteiger partial charge >= 0.3 is 6.09 Å². The summed E-state index contributed by atoms with van der Waals surface area (Å²) in [6.07, 6.45) is -4.65. The van der Waals surface area contributed by atoms with Crippen LogP contribution in [0.2, 0.25) is 0 Å². The SMILES string of the molecule is CC1CC(O)=C(C(=S)Nc2cccc(F)c2CC(F)F)C(=O)N1C(=O)OC(C)(C)C. The van der Waals surface area contributed by atoms with Gasteiger partial charge in [-0.25, -0.2) is 22.9 Å². The van der Waals surface area contributed by atoms with Crippen molar-refractivity contribution < 1.29 is 32.6 Å². The smallest absolute Gasteiger partial charge is 0.417 e. The number of amides is 2. The fraction of sp³-hybridized carbons (Fsp3) is 0.450. The van der Waals surface area contributed by atoms with Crippen molar-refractivity contribution in [1.82, 2.24) is 4.90 Å². The molecular formula is C20H23F3N2O4S. The van der Waals surface area contributed by atoms with Gasteiger partial charge in [-0.1, -0.05) is 18.3 Å². The van der Waals surface area contributed by atoms with Crippen LogP contribution in [-0.4, -0.2) is 45.1 Å². The first-order valence-electron chi connectivity index (χ1n) is 9.17. The van der Waals surface area contributed by atoms with E-state index in [1.165, 1.54) is 12.1 Å². The van der Waals surface area contributed by atoms with E-state index in [1.807, 2.05) is 0 Å². The molecule has 0 aliphatic carbocycles. The van der Waals surface area contributed by atoms with Crippen molar-refractivity contribution in [3.8, 4) is 0 Å². The molecule has 164 valence electrons. The Morgan fingerprint density at radius 2 is 2.03 bits per heavy atom. The fourth-order valence-electron chi connectivity index (χ4n) is 2.94. The van der Waals surface area contributed by atoms with Crippen molar-refractivity contribution in [3.63, 3.8) is 0 Å². The van der Waals surface area contributed by atoms with Crippen molar-refractivity contribution in [3.05, 3.63) is 40.9 Å². The van der Waals surface area contributed by atoms with E-state index < -0.39 is 42.3 Å². The molecule has 1 aliphatic rings. The van der Waals surface area contributed by atoms with Crippen molar-refractivity contribution in [2.24, 2.45) is 0 Å². The van der Waals surface area contributed by atoms with E-state index in [0.717, 1.165) is 11.0 Å². The second-order valence-corrected chi connectivity index (χ2v) is 8.25. The lowest BCUT2D eigenvalue weighted by atomic mass is 10.0. The van der Waals surface area contributed by atoms with Crippen LogP contribution in [-0.2, 0) is 16.0 Å². The first kappa shape index (κ1) is 23.7.